The normalized spacial score (nSPS) is 11.2. The van der Waals surface area contributed by atoms with Crippen LogP contribution in [0.1, 0.15) is 78.6 Å². The van der Waals surface area contributed by atoms with Gasteiger partial charge in [0.05, 0.1) is 33.0 Å². The van der Waals surface area contributed by atoms with Crippen molar-refractivity contribution in [3.63, 3.8) is 0 Å². The van der Waals surface area contributed by atoms with Gasteiger partial charge in [0.15, 0.2) is 0 Å². The first-order valence-electron chi connectivity index (χ1n) is 11.4. The van der Waals surface area contributed by atoms with Crippen molar-refractivity contribution in [1.29, 1.82) is 0 Å². The first-order chi connectivity index (χ1) is 15.2. The summed E-state index contributed by atoms with van der Waals surface area (Å²) in [4.78, 5) is 22.5. The van der Waals surface area contributed by atoms with Gasteiger partial charge in [0, 0.05) is 11.1 Å². The Labute approximate surface area is 193 Å². The van der Waals surface area contributed by atoms with E-state index in [0.29, 0.717) is 50.2 Å². The highest BCUT2D eigenvalue weighted by molar-refractivity contribution is 7.48. The van der Waals surface area contributed by atoms with Crippen LogP contribution in [0.25, 0.3) is 0 Å². The van der Waals surface area contributed by atoms with E-state index in [2.05, 4.69) is 13.2 Å². The van der Waals surface area contributed by atoms with Gasteiger partial charge in [-0.15, -0.1) is 0 Å². The second-order valence-electron chi connectivity index (χ2n) is 7.61. The van der Waals surface area contributed by atoms with Crippen molar-refractivity contribution < 1.29 is 37.2 Å². The smallest absolute Gasteiger partial charge is 0.462 e. The standard InChI is InChI=1S/C23H41O8P/c1-6-15-29-32(26,30-18-13-9-7-11-16-27-22(24)20(2)3)31-19-14-10-8-12-17-28-23(25)21(4)5/h2,4,6-19H2,1,3,5H3. The van der Waals surface area contributed by atoms with E-state index in [1.807, 2.05) is 6.92 Å². The highest BCUT2D eigenvalue weighted by Gasteiger charge is 2.25. The number of unbranched alkanes of at least 4 members (excludes halogenated alkanes) is 6. The highest BCUT2D eigenvalue weighted by Crippen LogP contribution is 2.49. The van der Waals surface area contributed by atoms with Gasteiger partial charge in [0.1, 0.15) is 0 Å². The van der Waals surface area contributed by atoms with Crippen molar-refractivity contribution in [2.45, 2.75) is 78.6 Å². The number of esters is 2. The summed E-state index contributed by atoms with van der Waals surface area (Å²) >= 11 is 0. The molecule has 0 saturated heterocycles. The maximum atomic E-state index is 12.7. The zero-order valence-corrected chi connectivity index (χ0v) is 20.9. The SMILES string of the molecule is C=C(C)C(=O)OCCCCCCOP(=O)(OCCC)OCCCCCCOC(=O)C(=C)C. The van der Waals surface area contributed by atoms with Crippen molar-refractivity contribution in [3.8, 4) is 0 Å². The second kappa shape index (κ2) is 19.0. The average Bonchev–Trinajstić information content (AvgIpc) is 2.75. The van der Waals surface area contributed by atoms with Gasteiger partial charge in [-0.1, -0.05) is 32.9 Å². The fourth-order valence-electron chi connectivity index (χ4n) is 2.36. The maximum absolute atomic E-state index is 12.7. The molecule has 0 saturated carbocycles. The molecule has 0 heterocycles. The molecule has 0 radical (unpaired) electrons. The van der Waals surface area contributed by atoms with Gasteiger partial charge in [-0.3, -0.25) is 13.6 Å². The first-order valence-corrected chi connectivity index (χ1v) is 12.9. The summed E-state index contributed by atoms with van der Waals surface area (Å²) in [6.45, 7) is 13.8. The van der Waals surface area contributed by atoms with Crippen LogP contribution in [-0.2, 0) is 37.2 Å². The Balaban J connectivity index is 3.91. The van der Waals surface area contributed by atoms with Crippen LogP contribution in [0.15, 0.2) is 24.3 Å². The lowest BCUT2D eigenvalue weighted by atomic mass is 10.2. The number of carbonyl (C=O) groups is 2. The minimum absolute atomic E-state index is 0.278. The Morgan fingerprint density at radius 1 is 0.625 bits per heavy atom. The minimum atomic E-state index is -3.56. The molecule has 0 aliphatic heterocycles. The summed E-state index contributed by atoms with van der Waals surface area (Å²) < 4.78 is 39.0. The molecule has 9 heteroatoms. The number of hydrogen-bond donors (Lipinski definition) is 0. The van der Waals surface area contributed by atoms with Gasteiger partial charge in [-0.2, -0.15) is 0 Å². The van der Waals surface area contributed by atoms with E-state index in [0.717, 1.165) is 38.5 Å². The number of carbonyl (C=O) groups excluding carboxylic acids is 2. The van der Waals surface area contributed by atoms with Crippen molar-refractivity contribution in [3.05, 3.63) is 24.3 Å². The molecule has 0 aromatic carbocycles. The number of phosphoric acid groups is 1. The van der Waals surface area contributed by atoms with E-state index in [4.69, 9.17) is 23.0 Å². The third kappa shape index (κ3) is 17.1. The summed E-state index contributed by atoms with van der Waals surface area (Å²) in [5.74, 6) is -0.739. The quantitative estimate of drug-likeness (QED) is 0.0872. The summed E-state index contributed by atoms with van der Waals surface area (Å²) in [5.41, 5.74) is 0.788. The third-order valence-electron chi connectivity index (χ3n) is 4.19. The van der Waals surface area contributed by atoms with Crippen LogP contribution in [0.4, 0.5) is 0 Å². The Hall–Kier alpha value is -1.47. The van der Waals surface area contributed by atoms with Gasteiger partial charge in [-0.25, -0.2) is 14.2 Å². The van der Waals surface area contributed by atoms with Crippen LogP contribution in [0, 0.1) is 0 Å². The molecule has 8 nitrogen and oxygen atoms in total. The van der Waals surface area contributed by atoms with E-state index >= 15 is 0 Å². The lowest BCUT2D eigenvalue weighted by molar-refractivity contribution is -0.139. The van der Waals surface area contributed by atoms with Gasteiger partial charge >= 0.3 is 19.8 Å². The molecule has 0 aromatic rings. The molecular formula is C23H41O8P. The molecule has 0 atom stereocenters. The van der Waals surface area contributed by atoms with Crippen LogP contribution < -0.4 is 0 Å². The molecule has 0 spiro atoms. The van der Waals surface area contributed by atoms with Crippen molar-refractivity contribution in [2.75, 3.05) is 33.0 Å². The molecule has 0 bridgehead atoms. The molecule has 0 amide bonds. The summed E-state index contributed by atoms with van der Waals surface area (Å²) in [6.07, 6.45) is 7.09. The molecule has 0 N–H and O–H groups in total. The Morgan fingerprint density at radius 2 is 0.969 bits per heavy atom. The van der Waals surface area contributed by atoms with Gasteiger partial charge in [0.2, 0.25) is 0 Å². The van der Waals surface area contributed by atoms with E-state index in [1.54, 1.807) is 13.8 Å². The van der Waals surface area contributed by atoms with E-state index in [-0.39, 0.29) is 25.2 Å². The summed E-state index contributed by atoms with van der Waals surface area (Å²) in [5, 5.41) is 0. The van der Waals surface area contributed by atoms with E-state index < -0.39 is 7.82 Å². The molecule has 0 aliphatic carbocycles. The van der Waals surface area contributed by atoms with Gasteiger partial charge < -0.3 is 9.47 Å². The van der Waals surface area contributed by atoms with Crippen molar-refractivity contribution >= 4 is 19.8 Å². The molecule has 0 fully saturated rings. The minimum Gasteiger partial charge on any atom is -0.462 e. The van der Waals surface area contributed by atoms with E-state index in [1.165, 1.54) is 0 Å². The van der Waals surface area contributed by atoms with Crippen LogP contribution in [0.5, 0.6) is 0 Å². The van der Waals surface area contributed by atoms with Crippen molar-refractivity contribution in [1.82, 2.24) is 0 Å². The summed E-state index contributed by atoms with van der Waals surface area (Å²) in [7, 11) is -3.56. The number of phosphoric ester groups is 1. The topological polar surface area (TPSA) is 97.4 Å². The predicted octanol–water partition coefficient (Wildman–Crippen LogP) is 5.91. The number of ether oxygens (including phenoxy) is 2. The zero-order valence-electron chi connectivity index (χ0n) is 20.0. The first kappa shape index (κ1) is 30.5. The van der Waals surface area contributed by atoms with Crippen molar-refractivity contribution in [2.24, 2.45) is 0 Å². The van der Waals surface area contributed by atoms with Gasteiger partial charge in [-0.05, 0) is 58.8 Å². The van der Waals surface area contributed by atoms with Crippen LogP contribution in [0.2, 0.25) is 0 Å². The van der Waals surface area contributed by atoms with Gasteiger partial charge in [0.25, 0.3) is 0 Å². The zero-order chi connectivity index (χ0) is 24.2. The number of hydrogen-bond acceptors (Lipinski definition) is 8. The molecule has 186 valence electrons. The maximum Gasteiger partial charge on any atom is 0.474 e. The molecule has 0 aromatic heterocycles. The molecule has 32 heavy (non-hydrogen) atoms. The fourth-order valence-corrected chi connectivity index (χ4v) is 3.69. The second-order valence-corrected chi connectivity index (χ2v) is 9.28. The Morgan fingerprint density at radius 3 is 1.31 bits per heavy atom. The largest absolute Gasteiger partial charge is 0.474 e. The van der Waals surface area contributed by atoms with E-state index in [9.17, 15) is 14.2 Å². The molecule has 0 rings (SSSR count). The number of rotatable bonds is 21. The lowest BCUT2D eigenvalue weighted by Gasteiger charge is -2.17. The molecule has 0 unspecified atom stereocenters. The third-order valence-corrected chi connectivity index (χ3v) is 5.69. The van der Waals surface area contributed by atoms with Crippen LogP contribution >= 0.6 is 7.82 Å². The summed E-state index contributed by atoms with van der Waals surface area (Å²) in [6, 6.07) is 0. The molecule has 0 aliphatic rings. The Kier molecular flexibility index (Phi) is 18.2. The average molecular weight is 477 g/mol. The van der Waals surface area contributed by atoms with Crippen LogP contribution in [-0.4, -0.2) is 45.0 Å². The monoisotopic (exact) mass is 476 g/mol. The highest BCUT2D eigenvalue weighted by atomic mass is 31.2. The lowest BCUT2D eigenvalue weighted by Crippen LogP contribution is -2.06. The fraction of sp³-hybridized carbons (Fsp3) is 0.739. The molecular weight excluding hydrogens is 435 g/mol. The predicted molar refractivity (Wildman–Crippen MR) is 124 cm³/mol. The van der Waals surface area contributed by atoms with Crippen LogP contribution in [0.3, 0.4) is 0 Å². The Bertz CT molecular complexity index is 571.